The maximum Gasteiger partial charge on any atom is 0.0462 e. The van der Waals surface area contributed by atoms with E-state index in [-0.39, 0.29) is 0 Å². The Labute approximate surface area is 74.2 Å². The summed E-state index contributed by atoms with van der Waals surface area (Å²) in [5.41, 5.74) is 0. The Morgan fingerprint density at radius 3 is 2.67 bits per heavy atom. The van der Waals surface area contributed by atoms with Crippen molar-refractivity contribution in [1.82, 2.24) is 0 Å². The minimum absolute atomic E-state index is 0.397. The molecule has 0 radical (unpaired) electrons. The second-order valence-electron chi connectivity index (χ2n) is 4.03. The highest BCUT2D eigenvalue weighted by molar-refractivity contribution is 5.04. The average molecular weight is 164 g/mol. The monoisotopic (exact) mass is 164 g/mol. The summed E-state index contributed by atoms with van der Waals surface area (Å²) in [5, 5.41) is 9.05. The van der Waals surface area contributed by atoms with E-state index in [1.807, 2.05) is 0 Å². The zero-order valence-corrected chi connectivity index (χ0v) is 7.42. The van der Waals surface area contributed by atoms with Gasteiger partial charge in [0.15, 0.2) is 0 Å². The first-order chi connectivity index (χ1) is 5.92. The fourth-order valence-electron chi connectivity index (χ4n) is 2.61. The van der Waals surface area contributed by atoms with E-state index in [0.29, 0.717) is 12.5 Å². The highest BCUT2D eigenvalue weighted by atomic mass is 16.3. The maximum absolute atomic E-state index is 9.05. The summed E-state index contributed by atoms with van der Waals surface area (Å²) >= 11 is 0. The van der Waals surface area contributed by atoms with Crippen molar-refractivity contribution in [2.24, 2.45) is 17.8 Å². The molecule has 0 bridgehead atoms. The van der Waals surface area contributed by atoms with Crippen molar-refractivity contribution >= 4 is 0 Å². The molecule has 0 saturated heterocycles. The zero-order valence-electron chi connectivity index (χ0n) is 7.42. The first-order valence-electron chi connectivity index (χ1n) is 4.98. The van der Waals surface area contributed by atoms with E-state index in [4.69, 9.17) is 5.11 Å². The van der Waals surface area contributed by atoms with Crippen LogP contribution in [0.3, 0.4) is 0 Å². The smallest absolute Gasteiger partial charge is 0.0462 e. The van der Waals surface area contributed by atoms with Crippen molar-refractivity contribution in [3.05, 3.63) is 0 Å². The third kappa shape index (κ3) is 1.36. The highest BCUT2D eigenvalue weighted by Crippen LogP contribution is 2.45. The Kier molecular flexibility index (Phi) is 2.37. The summed E-state index contributed by atoms with van der Waals surface area (Å²) in [4.78, 5) is 0. The maximum atomic E-state index is 9.05. The Morgan fingerprint density at radius 2 is 1.92 bits per heavy atom. The van der Waals surface area contributed by atoms with Crippen LogP contribution >= 0.6 is 0 Å². The summed E-state index contributed by atoms with van der Waals surface area (Å²) in [5.74, 6) is 8.67. The number of aliphatic hydroxyl groups is 1. The molecule has 0 aromatic heterocycles. The molecule has 2 aliphatic rings. The predicted molar refractivity (Wildman–Crippen MR) is 48.4 cm³/mol. The van der Waals surface area contributed by atoms with Crippen molar-refractivity contribution in [2.45, 2.75) is 32.1 Å². The van der Waals surface area contributed by atoms with E-state index in [0.717, 1.165) is 24.7 Å². The number of hydrogen-bond donors (Lipinski definition) is 1. The van der Waals surface area contributed by atoms with E-state index in [2.05, 4.69) is 11.8 Å². The Morgan fingerprint density at radius 1 is 1.17 bits per heavy atom. The number of rotatable bonds is 1. The molecule has 1 N–H and O–H groups in total. The van der Waals surface area contributed by atoms with Crippen LogP contribution in [-0.2, 0) is 0 Å². The molecule has 0 spiro atoms. The van der Waals surface area contributed by atoms with Gasteiger partial charge in [0.25, 0.3) is 0 Å². The van der Waals surface area contributed by atoms with E-state index < -0.39 is 0 Å². The molecule has 2 rings (SSSR count). The van der Waals surface area contributed by atoms with Gasteiger partial charge in [0, 0.05) is 19.4 Å². The number of aliphatic hydroxyl groups excluding tert-OH is 1. The molecule has 1 heteroatoms. The van der Waals surface area contributed by atoms with Crippen LogP contribution < -0.4 is 0 Å². The molecule has 2 aliphatic carbocycles. The topological polar surface area (TPSA) is 20.2 Å². The summed E-state index contributed by atoms with van der Waals surface area (Å²) < 4.78 is 0. The molecular weight excluding hydrogens is 148 g/mol. The van der Waals surface area contributed by atoms with Crippen LogP contribution in [0.1, 0.15) is 32.1 Å². The van der Waals surface area contributed by atoms with E-state index in [9.17, 15) is 0 Å². The fourth-order valence-corrected chi connectivity index (χ4v) is 2.61. The summed E-state index contributed by atoms with van der Waals surface area (Å²) in [6.45, 7) is 0.397. The fraction of sp³-hybridized carbons (Fsp3) is 0.818. The molecule has 0 aromatic rings. The van der Waals surface area contributed by atoms with Crippen LogP contribution in [0, 0.1) is 29.6 Å². The molecule has 0 aliphatic heterocycles. The van der Waals surface area contributed by atoms with Gasteiger partial charge in [0.05, 0.1) is 0 Å². The predicted octanol–water partition coefficient (Wildman–Crippen LogP) is 1.81. The normalized spacial score (nSPS) is 39.6. The van der Waals surface area contributed by atoms with Gasteiger partial charge in [-0.2, -0.15) is 0 Å². The van der Waals surface area contributed by atoms with Gasteiger partial charge in [-0.15, -0.1) is 11.8 Å². The summed E-state index contributed by atoms with van der Waals surface area (Å²) in [6.07, 6.45) is 5.89. The van der Waals surface area contributed by atoms with Crippen molar-refractivity contribution in [1.29, 1.82) is 0 Å². The quantitative estimate of drug-likeness (QED) is 0.586. The standard InChI is InChI=1S/C11H16O/c12-8-10-7-9-5-3-1-2-4-6-11(9)10/h9-12H,3-8H2/t9-,10+,11-/m1/s1. The molecule has 3 atom stereocenters. The van der Waals surface area contributed by atoms with Crippen molar-refractivity contribution in [2.75, 3.05) is 6.61 Å². The third-order valence-electron chi connectivity index (χ3n) is 3.42. The molecular formula is C11H16O. The summed E-state index contributed by atoms with van der Waals surface area (Å²) in [7, 11) is 0. The van der Waals surface area contributed by atoms with Gasteiger partial charge in [0.2, 0.25) is 0 Å². The molecule has 66 valence electrons. The van der Waals surface area contributed by atoms with Gasteiger partial charge < -0.3 is 5.11 Å². The van der Waals surface area contributed by atoms with Crippen LogP contribution in [0.2, 0.25) is 0 Å². The largest absolute Gasteiger partial charge is 0.396 e. The molecule has 1 nitrogen and oxygen atoms in total. The van der Waals surface area contributed by atoms with Crippen LogP contribution in [-0.4, -0.2) is 11.7 Å². The van der Waals surface area contributed by atoms with Gasteiger partial charge in [-0.25, -0.2) is 0 Å². The van der Waals surface area contributed by atoms with Crippen LogP contribution in [0.25, 0.3) is 0 Å². The van der Waals surface area contributed by atoms with Crippen molar-refractivity contribution in [3.8, 4) is 11.8 Å². The van der Waals surface area contributed by atoms with Crippen molar-refractivity contribution < 1.29 is 5.11 Å². The lowest BCUT2D eigenvalue weighted by Crippen LogP contribution is -2.39. The number of fused-ring (bicyclic) bond motifs is 1. The van der Waals surface area contributed by atoms with Gasteiger partial charge in [0.1, 0.15) is 0 Å². The second kappa shape index (κ2) is 3.49. The van der Waals surface area contributed by atoms with Gasteiger partial charge in [-0.05, 0) is 37.0 Å². The lowest BCUT2D eigenvalue weighted by molar-refractivity contribution is 0.0134. The van der Waals surface area contributed by atoms with Gasteiger partial charge in [-0.3, -0.25) is 0 Å². The Balaban J connectivity index is 1.94. The lowest BCUT2D eigenvalue weighted by Gasteiger charge is -2.44. The number of hydrogen-bond acceptors (Lipinski definition) is 1. The Bertz CT molecular complexity index is 211. The van der Waals surface area contributed by atoms with E-state index in [1.54, 1.807) is 0 Å². The summed E-state index contributed by atoms with van der Waals surface area (Å²) in [6, 6.07) is 0. The van der Waals surface area contributed by atoms with Crippen molar-refractivity contribution in [3.63, 3.8) is 0 Å². The van der Waals surface area contributed by atoms with Crippen LogP contribution in [0.15, 0.2) is 0 Å². The third-order valence-corrected chi connectivity index (χ3v) is 3.42. The molecule has 0 heterocycles. The van der Waals surface area contributed by atoms with Gasteiger partial charge >= 0.3 is 0 Å². The minimum Gasteiger partial charge on any atom is -0.396 e. The SMILES string of the molecule is OC[C@@H]1C[C@H]2CCC#CCC[C@@H]12. The first kappa shape index (κ1) is 8.13. The van der Waals surface area contributed by atoms with Crippen LogP contribution in [0.5, 0.6) is 0 Å². The van der Waals surface area contributed by atoms with Crippen LogP contribution in [0.4, 0.5) is 0 Å². The second-order valence-corrected chi connectivity index (χ2v) is 4.03. The lowest BCUT2D eigenvalue weighted by atomic mass is 9.61. The highest BCUT2D eigenvalue weighted by Gasteiger charge is 2.39. The minimum atomic E-state index is 0.397. The average Bonchev–Trinajstić information content (AvgIpc) is 2.04. The molecule has 1 saturated carbocycles. The Hall–Kier alpha value is -0.480. The molecule has 0 amide bonds. The molecule has 0 aromatic carbocycles. The molecule has 1 fully saturated rings. The molecule has 12 heavy (non-hydrogen) atoms. The zero-order chi connectivity index (χ0) is 8.39. The molecule has 0 unspecified atom stereocenters. The van der Waals surface area contributed by atoms with Gasteiger partial charge in [-0.1, -0.05) is 0 Å². The van der Waals surface area contributed by atoms with E-state index in [1.165, 1.54) is 19.3 Å². The van der Waals surface area contributed by atoms with E-state index >= 15 is 0 Å². The first-order valence-corrected chi connectivity index (χ1v) is 4.98.